The largest absolute Gasteiger partial charge is 0.394 e. The molecule has 1 aliphatic heterocycles. The van der Waals surface area contributed by atoms with E-state index in [9.17, 15) is 13.2 Å². The molecule has 16 heteroatoms. The molecule has 4 rings (SSSR count). The molecule has 0 saturated carbocycles. The van der Waals surface area contributed by atoms with Crippen LogP contribution in [0.1, 0.15) is 55.2 Å². The second-order valence-corrected chi connectivity index (χ2v) is 12.9. The van der Waals surface area contributed by atoms with Crippen molar-refractivity contribution in [1.82, 2.24) is 20.0 Å². The van der Waals surface area contributed by atoms with Crippen LogP contribution in [0.5, 0.6) is 5.75 Å². The summed E-state index contributed by atoms with van der Waals surface area (Å²) in [6.45, 7) is 5.32. The number of benzene rings is 2. The van der Waals surface area contributed by atoms with Crippen LogP contribution in [-0.4, -0.2) is 65.3 Å². The molecular formula is C26H32Cl2N4O8S2. The summed E-state index contributed by atoms with van der Waals surface area (Å²) in [5, 5.41) is 2.80. The van der Waals surface area contributed by atoms with E-state index in [1.165, 1.54) is 0 Å². The Bertz CT molecular complexity index is 1600. The average molecular weight is 664 g/mol. The normalized spacial score (nSPS) is 14.1. The molecule has 1 aromatic heterocycles. The van der Waals surface area contributed by atoms with Gasteiger partial charge >= 0.3 is 20.5 Å². The SMILES string of the molecule is CCCCS(=O)(=O)Oc1ccc(-n2c(-c3ccc(Cl)cc3Cl)nc(C(=O)NN3CCCCC3)c2C)cc1.O=S(=O)(O)O. The van der Waals surface area contributed by atoms with Gasteiger partial charge in [-0.05, 0) is 68.7 Å². The van der Waals surface area contributed by atoms with Crippen LogP contribution in [0.15, 0.2) is 42.5 Å². The lowest BCUT2D eigenvalue weighted by Gasteiger charge is -2.26. The molecule has 0 aliphatic carbocycles. The third-order valence-electron chi connectivity index (χ3n) is 6.18. The molecule has 2 heterocycles. The monoisotopic (exact) mass is 662 g/mol. The van der Waals surface area contributed by atoms with Gasteiger partial charge in [-0.25, -0.2) is 9.99 Å². The number of imidazole rings is 1. The van der Waals surface area contributed by atoms with Crippen molar-refractivity contribution in [3.8, 4) is 22.8 Å². The highest BCUT2D eigenvalue weighted by atomic mass is 35.5. The van der Waals surface area contributed by atoms with Crippen molar-refractivity contribution in [2.75, 3.05) is 18.8 Å². The van der Waals surface area contributed by atoms with Gasteiger partial charge in [0.05, 0.1) is 16.5 Å². The number of rotatable bonds is 9. The number of aromatic nitrogens is 2. The van der Waals surface area contributed by atoms with E-state index in [0.29, 0.717) is 39.2 Å². The van der Waals surface area contributed by atoms with Crippen molar-refractivity contribution in [2.24, 2.45) is 0 Å². The number of piperidine rings is 1. The third kappa shape index (κ3) is 9.93. The molecule has 230 valence electrons. The van der Waals surface area contributed by atoms with Crippen LogP contribution in [0.25, 0.3) is 17.1 Å². The Hall–Kier alpha value is -2.72. The standard InChI is InChI=1S/C26H30Cl2N4O4S.H2O4S/c1-3-4-16-37(34,35)36-21-11-9-20(10-12-21)32-18(2)24(26(33)30-31-14-6-5-7-15-31)29-25(32)22-13-8-19(27)17-23(22)28;1-5(2,3)4/h8-13,17H,3-7,14-16H2,1-2H3,(H,30,33);(H2,1,2,3,4). The highest BCUT2D eigenvalue weighted by Gasteiger charge is 2.25. The van der Waals surface area contributed by atoms with Gasteiger partial charge in [0.15, 0.2) is 5.69 Å². The first-order valence-corrected chi connectivity index (χ1v) is 16.7. The van der Waals surface area contributed by atoms with Crippen LogP contribution in [0, 0.1) is 6.92 Å². The van der Waals surface area contributed by atoms with Crippen LogP contribution in [0.2, 0.25) is 10.0 Å². The van der Waals surface area contributed by atoms with Crippen molar-refractivity contribution in [2.45, 2.75) is 46.0 Å². The van der Waals surface area contributed by atoms with Gasteiger partial charge in [0.25, 0.3) is 5.91 Å². The minimum absolute atomic E-state index is 0.0411. The van der Waals surface area contributed by atoms with E-state index in [2.05, 4.69) is 5.43 Å². The van der Waals surface area contributed by atoms with Gasteiger partial charge in [0, 0.05) is 29.4 Å². The second kappa shape index (κ2) is 14.6. The number of nitrogens with one attached hydrogen (secondary N) is 1. The molecule has 0 radical (unpaired) electrons. The number of hydrogen-bond acceptors (Lipinski definition) is 8. The van der Waals surface area contributed by atoms with E-state index in [1.807, 2.05) is 23.4 Å². The van der Waals surface area contributed by atoms with Gasteiger partial charge in [-0.2, -0.15) is 16.8 Å². The Morgan fingerprint density at radius 2 is 1.64 bits per heavy atom. The molecule has 0 bridgehead atoms. The first kappa shape index (κ1) is 33.8. The highest BCUT2D eigenvalue weighted by Crippen LogP contribution is 2.33. The van der Waals surface area contributed by atoms with Crippen molar-refractivity contribution < 1.29 is 34.9 Å². The minimum Gasteiger partial charge on any atom is -0.382 e. The maximum atomic E-state index is 13.2. The maximum Gasteiger partial charge on any atom is 0.394 e. The van der Waals surface area contributed by atoms with Gasteiger partial charge in [-0.3, -0.25) is 23.9 Å². The molecule has 42 heavy (non-hydrogen) atoms. The van der Waals surface area contributed by atoms with Crippen LogP contribution in [0.3, 0.4) is 0 Å². The van der Waals surface area contributed by atoms with Crippen molar-refractivity contribution in [1.29, 1.82) is 0 Å². The van der Waals surface area contributed by atoms with Gasteiger partial charge in [-0.1, -0.05) is 43.0 Å². The fourth-order valence-electron chi connectivity index (χ4n) is 4.25. The van der Waals surface area contributed by atoms with E-state index in [4.69, 9.17) is 49.9 Å². The predicted octanol–water partition coefficient (Wildman–Crippen LogP) is 5.14. The third-order valence-corrected chi connectivity index (χ3v) is 7.96. The quantitative estimate of drug-likeness (QED) is 0.206. The molecule has 1 fully saturated rings. The smallest absolute Gasteiger partial charge is 0.382 e. The molecular weight excluding hydrogens is 631 g/mol. The summed E-state index contributed by atoms with van der Waals surface area (Å²) in [4.78, 5) is 17.9. The second-order valence-electron chi connectivity index (χ2n) is 9.46. The number of carbonyl (C=O) groups is 1. The number of nitrogens with zero attached hydrogens (tertiary/aromatic N) is 3. The summed E-state index contributed by atoms with van der Waals surface area (Å²) in [6.07, 6.45) is 4.50. The molecule has 0 spiro atoms. The Morgan fingerprint density at radius 1 is 1.02 bits per heavy atom. The molecule has 1 aliphatic rings. The van der Waals surface area contributed by atoms with E-state index in [0.717, 1.165) is 38.8 Å². The minimum atomic E-state index is -4.67. The molecule has 3 aromatic rings. The maximum absolute atomic E-state index is 13.2. The molecule has 2 aromatic carbocycles. The van der Waals surface area contributed by atoms with Gasteiger partial charge in [0.2, 0.25) is 0 Å². The van der Waals surface area contributed by atoms with E-state index in [1.54, 1.807) is 42.5 Å². The van der Waals surface area contributed by atoms with Crippen LogP contribution < -0.4 is 9.61 Å². The Morgan fingerprint density at radius 3 is 2.21 bits per heavy atom. The Labute approximate surface area is 255 Å². The lowest BCUT2D eigenvalue weighted by molar-refractivity contribution is 0.0744. The molecule has 0 atom stereocenters. The zero-order chi connectivity index (χ0) is 31.1. The topological polar surface area (TPSA) is 168 Å². The fraction of sp³-hybridized carbons (Fsp3) is 0.385. The van der Waals surface area contributed by atoms with Gasteiger partial charge in [0.1, 0.15) is 11.6 Å². The summed E-state index contributed by atoms with van der Waals surface area (Å²) < 4.78 is 63.0. The van der Waals surface area contributed by atoms with Crippen LogP contribution in [-0.2, 0) is 20.5 Å². The predicted molar refractivity (Wildman–Crippen MR) is 160 cm³/mol. The first-order chi connectivity index (χ1) is 19.7. The summed E-state index contributed by atoms with van der Waals surface area (Å²) in [5.74, 6) is 0.339. The van der Waals surface area contributed by atoms with E-state index < -0.39 is 20.5 Å². The first-order valence-electron chi connectivity index (χ1n) is 13.0. The van der Waals surface area contributed by atoms with Crippen LogP contribution >= 0.6 is 23.2 Å². The molecule has 0 unspecified atom stereocenters. The van der Waals surface area contributed by atoms with E-state index in [-0.39, 0.29) is 23.1 Å². The lowest BCUT2D eigenvalue weighted by Crippen LogP contribution is -2.45. The Kier molecular flexibility index (Phi) is 11.8. The van der Waals surface area contributed by atoms with Crippen molar-refractivity contribution >= 4 is 49.6 Å². The van der Waals surface area contributed by atoms with Gasteiger partial charge < -0.3 is 4.18 Å². The molecule has 12 nitrogen and oxygen atoms in total. The van der Waals surface area contributed by atoms with Gasteiger partial charge in [-0.15, -0.1) is 0 Å². The zero-order valence-electron chi connectivity index (χ0n) is 23.0. The van der Waals surface area contributed by atoms with Crippen molar-refractivity contribution in [3.63, 3.8) is 0 Å². The zero-order valence-corrected chi connectivity index (χ0v) is 26.1. The number of unbranched alkanes of at least 4 members (excludes halogenated alkanes) is 1. The molecule has 3 N–H and O–H groups in total. The number of amides is 1. The average Bonchev–Trinajstić information content (AvgIpc) is 3.24. The van der Waals surface area contributed by atoms with Crippen molar-refractivity contribution in [3.05, 3.63) is 63.9 Å². The molecule has 1 saturated heterocycles. The summed E-state index contributed by atoms with van der Waals surface area (Å²) in [5.41, 5.74) is 5.13. The number of hydrogen-bond donors (Lipinski definition) is 3. The number of halogens is 2. The summed E-state index contributed by atoms with van der Waals surface area (Å²) in [7, 11) is -8.34. The Balaban J connectivity index is 0.000000892. The highest BCUT2D eigenvalue weighted by molar-refractivity contribution is 7.87. The molecule has 1 amide bonds. The summed E-state index contributed by atoms with van der Waals surface area (Å²) >= 11 is 12.6. The van der Waals surface area contributed by atoms with Crippen LogP contribution in [0.4, 0.5) is 0 Å². The fourth-order valence-corrected chi connectivity index (χ4v) is 5.87. The number of hydrazine groups is 1. The van der Waals surface area contributed by atoms with E-state index >= 15 is 0 Å². The lowest BCUT2D eigenvalue weighted by atomic mass is 10.2. The number of carbonyl (C=O) groups excluding carboxylic acids is 1. The summed E-state index contributed by atoms with van der Waals surface area (Å²) in [6, 6.07) is 11.7.